The van der Waals surface area contributed by atoms with Crippen molar-refractivity contribution in [1.82, 2.24) is 14.8 Å². The van der Waals surface area contributed by atoms with Crippen molar-refractivity contribution in [3.63, 3.8) is 0 Å². The summed E-state index contributed by atoms with van der Waals surface area (Å²) in [6, 6.07) is 10.9. The lowest BCUT2D eigenvalue weighted by molar-refractivity contribution is -0.134. The molecule has 1 atom stereocenters. The Morgan fingerprint density at radius 1 is 1.31 bits per heavy atom. The highest BCUT2D eigenvalue weighted by Crippen LogP contribution is 2.33. The third-order valence-corrected chi connectivity index (χ3v) is 4.53. The zero-order valence-corrected chi connectivity index (χ0v) is 14.9. The minimum absolute atomic E-state index is 0.127. The minimum atomic E-state index is -0.264. The van der Waals surface area contributed by atoms with E-state index < -0.39 is 0 Å². The summed E-state index contributed by atoms with van der Waals surface area (Å²) in [5.41, 5.74) is 2.77. The Hall–Kier alpha value is -2.86. The van der Waals surface area contributed by atoms with E-state index in [9.17, 15) is 4.79 Å². The molecule has 1 aromatic carbocycles. The first-order chi connectivity index (χ1) is 12.6. The lowest BCUT2D eigenvalue weighted by Gasteiger charge is -2.19. The fraction of sp³-hybridized carbons (Fsp3) is 0.211. The molecule has 4 rings (SSSR count). The number of amides is 1. The van der Waals surface area contributed by atoms with E-state index in [1.54, 1.807) is 17.1 Å². The molecule has 0 saturated heterocycles. The first-order valence-electron chi connectivity index (χ1n) is 8.28. The fourth-order valence-corrected chi connectivity index (χ4v) is 3.15. The average molecular weight is 369 g/mol. The van der Waals surface area contributed by atoms with Crippen LogP contribution in [0, 0.1) is 6.92 Å². The third kappa shape index (κ3) is 3.28. The number of hydrogen-bond acceptors (Lipinski definition) is 4. The third-order valence-electron chi connectivity index (χ3n) is 4.27. The molecule has 7 heteroatoms. The Morgan fingerprint density at radius 3 is 2.77 bits per heavy atom. The summed E-state index contributed by atoms with van der Waals surface area (Å²) in [5, 5.41) is 10.9. The summed E-state index contributed by atoms with van der Waals surface area (Å²) in [6.45, 7) is 2.06. The number of hydrogen-bond donors (Lipinski definition) is 0. The van der Waals surface area contributed by atoms with E-state index in [1.165, 1.54) is 5.01 Å². The van der Waals surface area contributed by atoms with Gasteiger partial charge in [-0.3, -0.25) is 9.48 Å². The summed E-state index contributed by atoms with van der Waals surface area (Å²) in [7, 11) is 0. The van der Waals surface area contributed by atoms with Gasteiger partial charge >= 0.3 is 0 Å². The van der Waals surface area contributed by atoms with Gasteiger partial charge in [-0.05, 0) is 42.3 Å². The maximum Gasteiger partial charge on any atom is 0.265 e. The Kier molecular flexibility index (Phi) is 4.34. The molecule has 3 aromatic rings. The van der Waals surface area contributed by atoms with E-state index in [2.05, 4.69) is 10.2 Å². The van der Waals surface area contributed by atoms with Crippen LogP contribution in [-0.2, 0) is 11.3 Å². The van der Waals surface area contributed by atoms with Crippen molar-refractivity contribution in [3.8, 4) is 0 Å². The van der Waals surface area contributed by atoms with Gasteiger partial charge in [0.15, 0.2) is 0 Å². The van der Waals surface area contributed by atoms with Crippen molar-refractivity contribution in [2.75, 3.05) is 0 Å². The van der Waals surface area contributed by atoms with Gasteiger partial charge in [0.25, 0.3) is 5.91 Å². The topological polar surface area (TPSA) is 63.6 Å². The molecule has 0 saturated carbocycles. The highest BCUT2D eigenvalue weighted by Gasteiger charge is 2.34. The molecule has 0 bridgehead atoms. The summed E-state index contributed by atoms with van der Waals surface area (Å²) in [4.78, 5) is 12.9. The predicted octanol–water partition coefficient (Wildman–Crippen LogP) is 3.82. The predicted molar refractivity (Wildman–Crippen MR) is 97.9 cm³/mol. The molecule has 0 aliphatic carbocycles. The number of furan rings is 1. The van der Waals surface area contributed by atoms with Crippen LogP contribution in [0.3, 0.4) is 0 Å². The van der Waals surface area contributed by atoms with Crippen LogP contribution in [0.4, 0.5) is 0 Å². The van der Waals surface area contributed by atoms with Gasteiger partial charge in [-0.15, -0.1) is 0 Å². The van der Waals surface area contributed by atoms with Crippen molar-refractivity contribution >= 4 is 23.2 Å². The minimum Gasteiger partial charge on any atom is -0.467 e. The van der Waals surface area contributed by atoms with Crippen LogP contribution in [0.5, 0.6) is 0 Å². The molecule has 0 fully saturated rings. The van der Waals surface area contributed by atoms with Gasteiger partial charge in [-0.1, -0.05) is 23.7 Å². The maximum atomic E-state index is 12.9. The first-order valence-corrected chi connectivity index (χ1v) is 8.66. The molecule has 2 aromatic heterocycles. The lowest BCUT2D eigenvalue weighted by atomic mass is 10.0. The number of aryl methyl sites for hydroxylation is 1. The second-order valence-electron chi connectivity index (χ2n) is 6.24. The van der Waals surface area contributed by atoms with Crippen LogP contribution < -0.4 is 0 Å². The number of carbonyl (C=O) groups excluding carboxylic acids is 1. The smallest absolute Gasteiger partial charge is 0.265 e. The number of nitrogens with zero attached hydrogens (tertiary/aromatic N) is 4. The van der Waals surface area contributed by atoms with Gasteiger partial charge in [0.05, 0.1) is 18.2 Å². The summed E-state index contributed by atoms with van der Waals surface area (Å²) >= 11 is 5.97. The summed E-state index contributed by atoms with van der Waals surface area (Å²) in [5.74, 6) is 0.571. The van der Waals surface area contributed by atoms with E-state index in [0.717, 1.165) is 16.8 Å². The molecule has 0 radical (unpaired) electrons. The number of halogens is 1. The molecule has 1 aliphatic heterocycles. The lowest BCUT2D eigenvalue weighted by Crippen LogP contribution is -2.30. The molecule has 26 heavy (non-hydrogen) atoms. The molecular formula is C19H17ClN4O2. The number of rotatable bonds is 4. The molecule has 6 nitrogen and oxygen atoms in total. The Morgan fingerprint density at radius 2 is 2.12 bits per heavy atom. The van der Waals surface area contributed by atoms with Crippen LogP contribution >= 0.6 is 11.6 Å². The molecule has 1 unspecified atom stereocenters. The Bertz CT molecular complexity index is 944. The first kappa shape index (κ1) is 16.6. The Labute approximate surface area is 155 Å². The highest BCUT2D eigenvalue weighted by atomic mass is 35.5. The molecule has 0 spiro atoms. The van der Waals surface area contributed by atoms with Crippen molar-refractivity contribution < 1.29 is 9.21 Å². The highest BCUT2D eigenvalue weighted by molar-refractivity contribution is 6.30. The van der Waals surface area contributed by atoms with Gasteiger partial charge in [0.2, 0.25) is 0 Å². The van der Waals surface area contributed by atoms with Crippen LogP contribution in [0.15, 0.2) is 64.6 Å². The summed E-state index contributed by atoms with van der Waals surface area (Å²) < 4.78 is 7.16. The normalized spacial score (nSPS) is 16.8. The monoisotopic (exact) mass is 368 g/mol. The fourth-order valence-electron chi connectivity index (χ4n) is 3.02. The zero-order valence-electron chi connectivity index (χ0n) is 14.2. The van der Waals surface area contributed by atoms with Gasteiger partial charge in [-0.2, -0.15) is 10.2 Å². The second kappa shape index (κ2) is 6.80. The van der Waals surface area contributed by atoms with Gasteiger partial charge in [-0.25, -0.2) is 5.01 Å². The number of aromatic nitrogens is 2. The zero-order chi connectivity index (χ0) is 18.1. The van der Waals surface area contributed by atoms with Gasteiger partial charge < -0.3 is 4.42 Å². The summed E-state index contributed by atoms with van der Waals surface area (Å²) in [6.07, 6.45) is 5.75. The van der Waals surface area contributed by atoms with Crippen molar-refractivity contribution in [2.45, 2.75) is 25.9 Å². The van der Waals surface area contributed by atoms with Gasteiger partial charge in [0, 0.05) is 17.6 Å². The number of benzene rings is 1. The van der Waals surface area contributed by atoms with E-state index in [0.29, 0.717) is 17.2 Å². The molecular weight excluding hydrogens is 352 g/mol. The van der Waals surface area contributed by atoms with Crippen molar-refractivity contribution in [3.05, 3.63) is 77.0 Å². The number of hydrazone groups is 1. The SMILES string of the molecule is Cc1cnn(CC(=O)N2N=C(c3ccc(Cl)cc3)CC2c2ccco2)c1. The van der Waals surface area contributed by atoms with Crippen molar-refractivity contribution in [2.24, 2.45) is 5.10 Å². The quantitative estimate of drug-likeness (QED) is 0.703. The Balaban J connectivity index is 1.63. The maximum absolute atomic E-state index is 12.9. The molecule has 132 valence electrons. The van der Waals surface area contributed by atoms with Crippen LogP contribution in [0.1, 0.15) is 29.3 Å². The van der Waals surface area contributed by atoms with Crippen molar-refractivity contribution in [1.29, 1.82) is 0 Å². The molecule has 1 amide bonds. The largest absolute Gasteiger partial charge is 0.467 e. The van der Waals surface area contributed by atoms with Crippen LogP contribution in [0.2, 0.25) is 5.02 Å². The van der Waals surface area contributed by atoms with Crippen LogP contribution in [0.25, 0.3) is 0 Å². The van der Waals surface area contributed by atoms with E-state index in [4.69, 9.17) is 16.0 Å². The van der Waals surface area contributed by atoms with Gasteiger partial charge in [0.1, 0.15) is 18.3 Å². The standard InChI is InChI=1S/C19H17ClN4O2/c1-13-10-21-23(11-13)12-19(25)24-17(18-3-2-8-26-18)9-16(22-24)14-4-6-15(20)7-5-14/h2-8,10-11,17H,9,12H2,1H3. The van der Waals surface area contributed by atoms with E-state index in [-0.39, 0.29) is 18.5 Å². The van der Waals surface area contributed by atoms with E-state index in [1.807, 2.05) is 49.5 Å². The number of carbonyl (C=O) groups is 1. The van der Waals surface area contributed by atoms with Crippen LogP contribution in [-0.4, -0.2) is 26.4 Å². The molecule has 3 heterocycles. The molecule has 0 N–H and O–H groups in total. The van der Waals surface area contributed by atoms with E-state index >= 15 is 0 Å². The second-order valence-corrected chi connectivity index (χ2v) is 6.68. The average Bonchev–Trinajstić information content (AvgIpc) is 3.35. The molecule has 1 aliphatic rings.